The lowest BCUT2D eigenvalue weighted by molar-refractivity contribution is 0.102. The lowest BCUT2D eigenvalue weighted by atomic mass is 10.3. The van der Waals surface area contributed by atoms with Crippen molar-refractivity contribution in [1.82, 2.24) is 9.97 Å². The van der Waals surface area contributed by atoms with Crippen molar-refractivity contribution < 1.29 is 13.6 Å². The molecule has 0 aliphatic carbocycles. The highest BCUT2D eigenvalue weighted by atomic mass is 19.2. The maximum absolute atomic E-state index is 12.9. The molecule has 2 rings (SSSR count). The molecule has 1 aromatic heterocycles. The number of benzene rings is 1. The van der Waals surface area contributed by atoms with Gasteiger partial charge < -0.3 is 5.32 Å². The standard InChI is InChI=1S/C12H9F2N3O/c1-7-15-5-4-11(16-7)12(18)17-8-2-3-9(13)10(14)6-8/h2-6H,1H3,(H,17,18). The molecule has 0 aliphatic rings. The van der Waals surface area contributed by atoms with Crippen molar-refractivity contribution in [1.29, 1.82) is 0 Å². The van der Waals surface area contributed by atoms with Crippen LogP contribution >= 0.6 is 0 Å². The third-order valence-corrected chi connectivity index (χ3v) is 2.19. The quantitative estimate of drug-likeness (QED) is 0.888. The topological polar surface area (TPSA) is 54.9 Å². The predicted octanol–water partition coefficient (Wildman–Crippen LogP) is 2.32. The fraction of sp³-hybridized carbons (Fsp3) is 0.0833. The zero-order chi connectivity index (χ0) is 13.1. The van der Waals surface area contributed by atoms with Gasteiger partial charge in [-0.05, 0) is 25.1 Å². The molecule has 18 heavy (non-hydrogen) atoms. The number of carbonyl (C=O) groups is 1. The Kier molecular flexibility index (Phi) is 3.27. The Morgan fingerprint density at radius 3 is 2.67 bits per heavy atom. The summed E-state index contributed by atoms with van der Waals surface area (Å²) >= 11 is 0. The zero-order valence-electron chi connectivity index (χ0n) is 9.45. The molecule has 1 amide bonds. The van der Waals surface area contributed by atoms with Gasteiger partial charge in [0, 0.05) is 18.0 Å². The molecule has 1 N–H and O–H groups in total. The SMILES string of the molecule is Cc1nccc(C(=O)Nc2ccc(F)c(F)c2)n1. The van der Waals surface area contributed by atoms with Crippen LogP contribution in [0.1, 0.15) is 16.3 Å². The lowest BCUT2D eigenvalue weighted by Gasteiger charge is -2.05. The Morgan fingerprint density at radius 1 is 1.22 bits per heavy atom. The van der Waals surface area contributed by atoms with Gasteiger partial charge in [-0.1, -0.05) is 0 Å². The number of nitrogens with zero attached hydrogens (tertiary/aromatic N) is 2. The Balaban J connectivity index is 2.18. The second-order valence-electron chi connectivity index (χ2n) is 3.57. The Labute approximate surface area is 102 Å². The van der Waals surface area contributed by atoms with Crippen LogP contribution in [0.3, 0.4) is 0 Å². The number of anilines is 1. The molecule has 0 bridgehead atoms. The summed E-state index contributed by atoms with van der Waals surface area (Å²) in [5.41, 5.74) is 0.322. The Bertz CT molecular complexity index is 602. The highest BCUT2D eigenvalue weighted by Gasteiger charge is 2.09. The van der Waals surface area contributed by atoms with Gasteiger partial charge in [-0.15, -0.1) is 0 Å². The first kappa shape index (κ1) is 12.1. The molecule has 0 saturated heterocycles. The summed E-state index contributed by atoms with van der Waals surface area (Å²) in [6.45, 7) is 1.65. The number of halogens is 2. The van der Waals surface area contributed by atoms with E-state index in [1.54, 1.807) is 6.92 Å². The molecule has 92 valence electrons. The van der Waals surface area contributed by atoms with Gasteiger partial charge in [0.15, 0.2) is 11.6 Å². The van der Waals surface area contributed by atoms with Crippen molar-refractivity contribution in [3.8, 4) is 0 Å². The van der Waals surface area contributed by atoms with E-state index < -0.39 is 17.5 Å². The molecular formula is C12H9F2N3O. The Hall–Kier alpha value is -2.37. The number of aryl methyl sites for hydroxylation is 1. The highest BCUT2D eigenvalue weighted by Crippen LogP contribution is 2.13. The lowest BCUT2D eigenvalue weighted by Crippen LogP contribution is -2.14. The number of rotatable bonds is 2. The maximum Gasteiger partial charge on any atom is 0.274 e. The van der Waals surface area contributed by atoms with Crippen molar-refractivity contribution in [2.75, 3.05) is 5.32 Å². The fourth-order valence-corrected chi connectivity index (χ4v) is 1.35. The minimum absolute atomic E-state index is 0.159. The van der Waals surface area contributed by atoms with E-state index in [2.05, 4.69) is 15.3 Å². The summed E-state index contributed by atoms with van der Waals surface area (Å²) in [4.78, 5) is 19.5. The van der Waals surface area contributed by atoms with Gasteiger partial charge in [-0.3, -0.25) is 4.79 Å². The third kappa shape index (κ3) is 2.65. The van der Waals surface area contributed by atoms with E-state index in [-0.39, 0.29) is 11.4 Å². The van der Waals surface area contributed by atoms with Crippen molar-refractivity contribution in [2.24, 2.45) is 0 Å². The monoisotopic (exact) mass is 249 g/mol. The summed E-state index contributed by atoms with van der Waals surface area (Å²) in [7, 11) is 0. The van der Waals surface area contributed by atoms with Gasteiger partial charge >= 0.3 is 0 Å². The maximum atomic E-state index is 12.9. The number of aromatic nitrogens is 2. The van der Waals surface area contributed by atoms with Crippen LogP contribution in [0.4, 0.5) is 14.5 Å². The second kappa shape index (κ2) is 4.87. The summed E-state index contributed by atoms with van der Waals surface area (Å²) < 4.78 is 25.6. The van der Waals surface area contributed by atoms with Crippen molar-refractivity contribution in [3.05, 3.63) is 53.6 Å². The molecule has 2 aromatic rings. The van der Waals surface area contributed by atoms with E-state index in [1.165, 1.54) is 18.3 Å². The second-order valence-corrected chi connectivity index (χ2v) is 3.57. The zero-order valence-corrected chi connectivity index (χ0v) is 9.45. The van der Waals surface area contributed by atoms with Crippen molar-refractivity contribution in [3.63, 3.8) is 0 Å². The van der Waals surface area contributed by atoms with Gasteiger partial charge in [0.2, 0.25) is 0 Å². The van der Waals surface area contributed by atoms with Crippen LogP contribution in [0.2, 0.25) is 0 Å². The normalized spacial score (nSPS) is 10.2. The van der Waals surface area contributed by atoms with E-state index in [9.17, 15) is 13.6 Å². The summed E-state index contributed by atoms with van der Waals surface area (Å²) in [5.74, 6) is -2.04. The molecule has 0 spiro atoms. The van der Waals surface area contributed by atoms with Gasteiger partial charge in [0.25, 0.3) is 5.91 Å². The summed E-state index contributed by atoms with van der Waals surface area (Å²) in [6, 6.07) is 4.55. The number of hydrogen-bond donors (Lipinski definition) is 1. The molecule has 1 aromatic carbocycles. The molecular weight excluding hydrogens is 240 g/mol. The van der Waals surface area contributed by atoms with Crippen LogP contribution in [-0.4, -0.2) is 15.9 Å². The molecule has 0 fully saturated rings. The minimum atomic E-state index is -1.02. The third-order valence-electron chi connectivity index (χ3n) is 2.19. The molecule has 6 heteroatoms. The van der Waals surface area contributed by atoms with E-state index in [4.69, 9.17) is 0 Å². The molecule has 4 nitrogen and oxygen atoms in total. The van der Waals surface area contributed by atoms with Crippen LogP contribution < -0.4 is 5.32 Å². The average molecular weight is 249 g/mol. The Morgan fingerprint density at radius 2 is 2.00 bits per heavy atom. The highest BCUT2D eigenvalue weighted by molar-refractivity contribution is 6.02. The van der Waals surface area contributed by atoms with Crippen LogP contribution in [0.5, 0.6) is 0 Å². The average Bonchev–Trinajstić information content (AvgIpc) is 2.34. The first-order chi connectivity index (χ1) is 8.56. The smallest absolute Gasteiger partial charge is 0.274 e. The van der Waals surface area contributed by atoms with E-state index in [1.807, 2.05) is 0 Å². The molecule has 0 radical (unpaired) electrons. The number of nitrogens with one attached hydrogen (secondary N) is 1. The molecule has 1 heterocycles. The summed E-state index contributed by atoms with van der Waals surface area (Å²) in [5, 5.41) is 2.42. The van der Waals surface area contributed by atoms with Gasteiger partial charge in [0.05, 0.1) is 0 Å². The van der Waals surface area contributed by atoms with Crippen LogP contribution in [0.25, 0.3) is 0 Å². The van der Waals surface area contributed by atoms with Gasteiger partial charge in [-0.2, -0.15) is 0 Å². The number of hydrogen-bond acceptors (Lipinski definition) is 3. The van der Waals surface area contributed by atoms with E-state index in [0.29, 0.717) is 5.82 Å². The van der Waals surface area contributed by atoms with Crippen LogP contribution in [-0.2, 0) is 0 Å². The molecule has 0 atom stereocenters. The van der Waals surface area contributed by atoms with Gasteiger partial charge in [-0.25, -0.2) is 18.7 Å². The number of carbonyl (C=O) groups excluding carboxylic acids is 1. The first-order valence-corrected chi connectivity index (χ1v) is 5.12. The van der Waals surface area contributed by atoms with Crippen molar-refractivity contribution in [2.45, 2.75) is 6.92 Å². The van der Waals surface area contributed by atoms with Crippen LogP contribution in [0, 0.1) is 18.6 Å². The molecule has 0 unspecified atom stereocenters. The van der Waals surface area contributed by atoms with E-state index in [0.717, 1.165) is 12.1 Å². The van der Waals surface area contributed by atoms with E-state index >= 15 is 0 Å². The molecule has 0 saturated carbocycles. The van der Waals surface area contributed by atoms with Crippen molar-refractivity contribution >= 4 is 11.6 Å². The largest absolute Gasteiger partial charge is 0.321 e. The minimum Gasteiger partial charge on any atom is -0.321 e. The predicted molar refractivity (Wildman–Crippen MR) is 61.1 cm³/mol. The fourth-order valence-electron chi connectivity index (χ4n) is 1.35. The summed E-state index contributed by atoms with van der Waals surface area (Å²) in [6.07, 6.45) is 1.45. The van der Waals surface area contributed by atoms with Crippen LogP contribution in [0.15, 0.2) is 30.5 Å². The first-order valence-electron chi connectivity index (χ1n) is 5.12. The molecule has 0 aliphatic heterocycles. The van der Waals surface area contributed by atoms with Gasteiger partial charge in [0.1, 0.15) is 11.5 Å². The number of amides is 1.